The Bertz CT molecular complexity index is 240. The third-order valence-electron chi connectivity index (χ3n) is 2.08. The molecule has 0 bridgehead atoms. The Morgan fingerprint density at radius 1 is 1.60 bits per heavy atom. The van der Waals surface area contributed by atoms with Gasteiger partial charge in [0.1, 0.15) is 12.6 Å². The van der Waals surface area contributed by atoms with Crippen LogP contribution < -0.4 is 5.32 Å². The third kappa shape index (κ3) is 5.05. The van der Waals surface area contributed by atoms with Crippen molar-refractivity contribution in [3.8, 4) is 0 Å². The highest BCUT2D eigenvalue weighted by atomic mass is 16.5. The van der Waals surface area contributed by atoms with Crippen molar-refractivity contribution in [1.29, 1.82) is 0 Å². The van der Waals surface area contributed by atoms with E-state index in [9.17, 15) is 9.59 Å². The van der Waals surface area contributed by atoms with Gasteiger partial charge in [0.05, 0.1) is 0 Å². The zero-order valence-electron chi connectivity index (χ0n) is 9.03. The van der Waals surface area contributed by atoms with Gasteiger partial charge in [0, 0.05) is 0 Å². The number of rotatable bonds is 6. The Morgan fingerprint density at radius 2 is 2.20 bits per heavy atom. The van der Waals surface area contributed by atoms with Gasteiger partial charge in [-0.1, -0.05) is 32.9 Å². The largest absolute Gasteiger partial charge is 0.480 e. The van der Waals surface area contributed by atoms with E-state index in [1.165, 1.54) is 6.08 Å². The Balaban J connectivity index is 4.22. The van der Waals surface area contributed by atoms with Crippen molar-refractivity contribution in [3.63, 3.8) is 0 Å². The summed E-state index contributed by atoms with van der Waals surface area (Å²) in [6.45, 7) is 7.06. The average Bonchev–Trinajstić information content (AvgIpc) is 2.21. The Labute approximate surface area is 89.1 Å². The van der Waals surface area contributed by atoms with Crippen LogP contribution in [0, 0.1) is 5.92 Å². The molecule has 0 spiro atoms. The van der Waals surface area contributed by atoms with Crippen molar-refractivity contribution >= 4 is 12.1 Å². The highest BCUT2D eigenvalue weighted by Crippen LogP contribution is 2.07. The third-order valence-corrected chi connectivity index (χ3v) is 2.08. The van der Waals surface area contributed by atoms with Crippen LogP contribution in [0.1, 0.15) is 20.3 Å². The molecule has 5 nitrogen and oxygen atoms in total. The molecule has 0 aliphatic carbocycles. The number of carboxylic acid groups (broad SMARTS) is 1. The maximum atomic E-state index is 11.1. The van der Waals surface area contributed by atoms with Crippen molar-refractivity contribution in [3.05, 3.63) is 12.7 Å². The summed E-state index contributed by atoms with van der Waals surface area (Å²) in [7, 11) is 0. The van der Waals surface area contributed by atoms with Crippen molar-refractivity contribution in [2.75, 3.05) is 6.61 Å². The van der Waals surface area contributed by atoms with Crippen LogP contribution >= 0.6 is 0 Å². The molecule has 0 heterocycles. The molecule has 0 aromatic rings. The summed E-state index contributed by atoms with van der Waals surface area (Å²) in [5.41, 5.74) is 0. The fourth-order valence-electron chi connectivity index (χ4n) is 0.986. The minimum absolute atomic E-state index is 0.0681. The summed E-state index contributed by atoms with van der Waals surface area (Å²) in [6, 6.07) is -0.910. The fraction of sp³-hybridized carbons (Fsp3) is 0.600. The van der Waals surface area contributed by atoms with E-state index in [1.54, 1.807) is 6.92 Å². The number of carbonyl (C=O) groups is 2. The highest BCUT2D eigenvalue weighted by molar-refractivity contribution is 5.80. The summed E-state index contributed by atoms with van der Waals surface area (Å²) in [5.74, 6) is -1.20. The summed E-state index contributed by atoms with van der Waals surface area (Å²) in [6.07, 6.45) is 1.35. The van der Waals surface area contributed by atoms with Gasteiger partial charge < -0.3 is 15.2 Å². The molecule has 0 aliphatic heterocycles. The lowest BCUT2D eigenvalue weighted by atomic mass is 10.00. The van der Waals surface area contributed by atoms with Crippen molar-refractivity contribution in [2.45, 2.75) is 26.3 Å². The second kappa shape index (κ2) is 6.86. The monoisotopic (exact) mass is 215 g/mol. The predicted molar refractivity (Wildman–Crippen MR) is 55.6 cm³/mol. The first-order valence-electron chi connectivity index (χ1n) is 4.79. The van der Waals surface area contributed by atoms with E-state index >= 15 is 0 Å². The number of ether oxygens (including phenoxy) is 1. The Morgan fingerprint density at radius 3 is 2.60 bits per heavy atom. The lowest BCUT2D eigenvalue weighted by Crippen LogP contribution is -2.45. The van der Waals surface area contributed by atoms with E-state index in [0.717, 1.165) is 0 Å². The molecular formula is C10H17NO4. The second-order valence-electron chi connectivity index (χ2n) is 3.23. The Kier molecular flexibility index (Phi) is 6.17. The maximum absolute atomic E-state index is 11.1. The molecule has 0 fully saturated rings. The number of alkyl carbamates (subject to hydrolysis) is 1. The van der Waals surface area contributed by atoms with E-state index in [2.05, 4.69) is 16.6 Å². The van der Waals surface area contributed by atoms with E-state index in [-0.39, 0.29) is 12.5 Å². The molecule has 1 amide bonds. The number of aliphatic carboxylic acids is 1. The molecule has 5 heteroatoms. The highest BCUT2D eigenvalue weighted by Gasteiger charge is 2.25. The van der Waals surface area contributed by atoms with Crippen LogP contribution in [0.2, 0.25) is 0 Å². The van der Waals surface area contributed by atoms with Crippen LogP contribution in [-0.4, -0.2) is 29.8 Å². The van der Waals surface area contributed by atoms with Crippen molar-refractivity contribution < 1.29 is 19.4 Å². The molecular weight excluding hydrogens is 198 g/mol. The first kappa shape index (κ1) is 13.5. The molecule has 86 valence electrons. The first-order valence-corrected chi connectivity index (χ1v) is 4.79. The minimum atomic E-state index is -1.06. The zero-order valence-corrected chi connectivity index (χ0v) is 9.03. The van der Waals surface area contributed by atoms with E-state index < -0.39 is 18.1 Å². The Hall–Kier alpha value is -1.52. The number of hydrogen-bond donors (Lipinski definition) is 2. The van der Waals surface area contributed by atoms with Gasteiger partial charge in [-0.2, -0.15) is 0 Å². The summed E-state index contributed by atoms with van der Waals surface area (Å²) < 4.78 is 4.64. The van der Waals surface area contributed by atoms with Gasteiger partial charge in [-0.3, -0.25) is 0 Å². The van der Waals surface area contributed by atoms with Gasteiger partial charge >= 0.3 is 12.1 Å². The summed E-state index contributed by atoms with van der Waals surface area (Å²) >= 11 is 0. The normalized spacial score (nSPS) is 13.7. The van der Waals surface area contributed by atoms with Gasteiger partial charge in [0.25, 0.3) is 0 Å². The maximum Gasteiger partial charge on any atom is 0.408 e. The molecule has 0 aliphatic rings. The number of carboxylic acids is 1. The molecule has 0 saturated heterocycles. The smallest absolute Gasteiger partial charge is 0.408 e. The predicted octanol–water partition coefficient (Wildman–Crippen LogP) is 1.40. The minimum Gasteiger partial charge on any atom is -0.480 e. The van der Waals surface area contributed by atoms with Crippen LogP contribution in [0.5, 0.6) is 0 Å². The number of amides is 1. The summed E-state index contributed by atoms with van der Waals surface area (Å²) in [4.78, 5) is 21.9. The zero-order chi connectivity index (χ0) is 11.8. The van der Waals surface area contributed by atoms with Crippen LogP contribution in [-0.2, 0) is 9.53 Å². The molecule has 2 N–H and O–H groups in total. The van der Waals surface area contributed by atoms with Gasteiger partial charge in [0.15, 0.2) is 0 Å². The molecule has 0 aromatic carbocycles. The van der Waals surface area contributed by atoms with Gasteiger partial charge in [-0.15, -0.1) is 0 Å². The first-order chi connectivity index (χ1) is 7.02. The van der Waals surface area contributed by atoms with Crippen molar-refractivity contribution in [1.82, 2.24) is 5.32 Å². The van der Waals surface area contributed by atoms with Gasteiger partial charge in [-0.05, 0) is 5.92 Å². The summed E-state index contributed by atoms with van der Waals surface area (Å²) in [5, 5.41) is 11.2. The molecule has 2 atom stereocenters. The fourth-order valence-corrected chi connectivity index (χ4v) is 0.986. The molecule has 0 unspecified atom stereocenters. The van der Waals surface area contributed by atoms with E-state index in [0.29, 0.717) is 6.42 Å². The van der Waals surface area contributed by atoms with E-state index in [4.69, 9.17) is 5.11 Å². The van der Waals surface area contributed by atoms with Crippen LogP contribution in [0.3, 0.4) is 0 Å². The lowest BCUT2D eigenvalue weighted by Gasteiger charge is -2.19. The second-order valence-corrected chi connectivity index (χ2v) is 3.23. The molecule has 0 radical (unpaired) electrons. The van der Waals surface area contributed by atoms with Crippen LogP contribution in [0.25, 0.3) is 0 Å². The van der Waals surface area contributed by atoms with Crippen molar-refractivity contribution in [2.24, 2.45) is 5.92 Å². The average molecular weight is 215 g/mol. The standard InChI is InChI=1S/C10H17NO4/c1-4-6-15-10(14)11-8(9(12)13)7(3)5-2/h4,7-8H,1,5-6H2,2-3H3,(H,11,14)(H,12,13)/t7-,8+/m1/s1. The van der Waals surface area contributed by atoms with Gasteiger partial charge in [-0.25, -0.2) is 9.59 Å². The molecule has 15 heavy (non-hydrogen) atoms. The SMILES string of the molecule is C=CCOC(=O)N[C@H](C(=O)O)[C@H](C)CC. The van der Waals surface area contributed by atoms with Crippen LogP contribution in [0.4, 0.5) is 4.79 Å². The van der Waals surface area contributed by atoms with Gasteiger partial charge in [0.2, 0.25) is 0 Å². The molecule has 0 rings (SSSR count). The topological polar surface area (TPSA) is 75.6 Å². The molecule has 0 saturated carbocycles. The lowest BCUT2D eigenvalue weighted by molar-refractivity contribution is -0.140. The number of carbonyl (C=O) groups excluding carboxylic acids is 1. The quantitative estimate of drug-likeness (QED) is 0.656. The van der Waals surface area contributed by atoms with Crippen LogP contribution in [0.15, 0.2) is 12.7 Å². The number of nitrogens with one attached hydrogen (secondary N) is 1. The van der Waals surface area contributed by atoms with E-state index in [1.807, 2.05) is 6.92 Å². The molecule has 0 aromatic heterocycles. The number of hydrogen-bond acceptors (Lipinski definition) is 3.